The van der Waals surface area contributed by atoms with Crippen molar-refractivity contribution in [2.45, 2.75) is 20.3 Å². The Hall–Kier alpha value is -1.59. The van der Waals surface area contributed by atoms with Crippen LogP contribution in [0.25, 0.3) is 0 Å². The number of nitrogens with zero attached hydrogens (tertiary/aromatic N) is 2. The van der Waals surface area contributed by atoms with Crippen LogP contribution in [0.1, 0.15) is 20.3 Å². The zero-order valence-electron chi connectivity index (χ0n) is 13.7. The predicted molar refractivity (Wildman–Crippen MR) is 89.4 cm³/mol. The normalized spacial score (nSPS) is 16.5. The Balaban J connectivity index is 1.81. The van der Waals surface area contributed by atoms with Crippen LogP contribution in [0.15, 0.2) is 24.3 Å². The lowest BCUT2D eigenvalue weighted by molar-refractivity contribution is -0.117. The monoisotopic (exact) mass is 305 g/mol. The zero-order chi connectivity index (χ0) is 15.8. The molecule has 0 atom stereocenters. The molecule has 5 nitrogen and oxygen atoms in total. The number of carbonyl (C=O) groups is 1. The first kappa shape index (κ1) is 16.8. The van der Waals surface area contributed by atoms with Gasteiger partial charge in [-0.1, -0.05) is 19.1 Å². The maximum Gasteiger partial charge on any atom is 0.238 e. The third kappa shape index (κ3) is 5.00. The van der Waals surface area contributed by atoms with E-state index >= 15 is 0 Å². The number of rotatable bonds is 7. The Morgan fingerprint density at radius 3 is 2.50 bits per heavy atom. The summed E-state index contributed by atoms with van der Waals surface area (Å²) in [5.74, 6) is 0.752. The van der Waals surface area contributed by atoms with Gasteiger partial charge in [-0.25, -0.2) is 0 Å². The molecule has 1 amide bonds. The van der Waals surface area contributed by atoms with E-state index < -0.39 is 0 Å². The molecule has 1 saturated heterocycles. The maximum absolute atomic E-state index is 12.2. The lowest BCUT2D eigenvalue weighted by atomic mass is 10.2. The predicted octanol–water partition coefficient (Wildman–Crippen LogP) is 2.05. The Bertz CT molecular complexity index is 471. The number of benzene rings is 1. The first-order chi connectivity index (χ1) is 10.7. The van der Waals surface area contributed by atoms with Crippen LogP contribution in [-0.2, 0) is 4.79 Å². The lowest BCUT2D eigenvalue weighted by Gasteiger charge is -2.34. The van der Waals surface area contributed by atoms with Gasteiger partial charge in [0.1, 0.15) is 5.75 Å². The van der Waals surface area contributed by atoms with Gasteiger partial charge in [-0.3, -0.25) is 9.69 Å². The molecule has 1 aliphatic heterocycles. The van der Waals surface area contributed by atoms with Crippen LogP contribution in [0.5, 0.6) is 5.75 Å². The molecule has 122 valence electrons. The second kappa shape index (κ2) is 8.76. The second-order valence-electron chi connectivity index (χ2n) is 5.60. The van der Waals surface area contributed by atoms with Crippen LogP contribution in [0.4, 0.5) is 5.69 Å². The molecule has 0 bridgehead atoms. The number of piperazine rings is 1. The highest BCUT2D eigenvalue weighted by Crippen LogP contribution is 2.23. The fraction of sp³-hybridized carbons (Fsp3) is 0.588. The smallest absolute Gasteiger partial charge is 0.238 e. The van der Waals surface area contributed by atoms with Crippen molar-refractivity contribution in [3.05, 3.63) is 24.3 Å². The molecule has 0 radical (unpaired) electrons. The van der Waals surface area contributed by atoms with Crippen molar-refractivity contribution < 1.29 is 9.53 Å². The second-order valence-corrected chi connectivity index (χ2v) is 5.60. The Morgan fingerprint density at radius 1 is 1.14 bits per heavy atom. The van der Waals surface area contributed by atoms with Gasteiger partial charge in [-0.2, -0.15) is 0 Å². The van der Waals surface area contributed by atoms with E-state index in [-0.39, 0.29) is 5.91 Å². The van der Waals surface area contributed by atoms with E-state index in [0.29, 0.717) is 13.2 Å². The van der Waals surface area contributed by atoms with Crippen molar-refractivity contribution in [3.63, 3.8) is 0 Å². The molecular weight excluding hydrogens is 278 g/mol. The third-order valence-corrected chi connectivity index (χ3v) is 3.83. The van der Waals surface area contributed by atoms with E-state index in [1.165, 1.54) is 6.42 Å². The van der Waals surface area contributed by atoms with Crippen LogP contribution in [0, 0.1) is 0 Å². The number of hydrogen-bond donors (Lipinski definition) is 1. The van der Waals surface area contributed by atoms with E-state index in [0.717, 1.165) is 44.2 Å². The van der Waals surface area contributed by atoms with E-state index in [4.69, 9.17) is 4.74 Å². The molecule has 1 heterocycles. The van der Waals surface area contributed by atoms with Gasteiger partial charge in [-0.05, 0) is 32.0 Å². The average Bonchev–Trinajstić information content (AvgIpc) is 2.52. The Kier molecular flexibility index (Phi) is 6.68. The van der Waals surface area contributed by atoms with Crippen molar-refractivity contribution in [3.8, 4) is 5.75 Å². The summed E-state index contributed by atoms with van der Waals surface area (Å²) in [6.45, 7) is 10.4. The molecule has 0 saturated carbocycles. The molecule has 1 N–H and O–H groups in total. The lowest BCUT2D eigenvalue weighted by Crippen LogP contribution is -2.48. The van der Waals surface area contributed by atoms with Gasteiger partial charge in [0.15, 0.2) is 0 Å². The van der Waals surface area contributed by atoms with Gasteiger partial charge in [-0.15, -0.1) is 0 Å². The molecule has 0 aliphatic carbocycles. The molecule has 1 aromatic carbocycles. The average molecular weight is 305 g/mol. The highest BCUT2D eigenvalue weighted by molar-refractivity contribution is 5.93. The number of hydrogen-bond acceptors (Lipinski definition) is 4. The van der Waals surface area contributed by atoms with Gasteiger partial charge >= 0.3 is 0 Å². The first-order valence-corrected chi connectivity index (χ1v) is 8.19. The van der Waals surface area contributed by atoms with Gasteiger partial charge in [0, 0.05) is 26.2 Å². The molecule has 0 aromatic heterocycles. The van der Waals surface area contributed by atoms with Gasteiger partial charge < -0.3 is 15.0 Å². The topological polar surface area (TPSA) is 44.8 Å². The summed E-state index contributed by atoms with van der Waals surface area (Å²) in [5.41, 5.74) is 0.749. The van der Waals surface area contributed by atoms with Crippen LogP contribution < -0.4 is 10.1 Å². The summed E-state index contributed by atoms with van der Waals surface area (Å²) in [7, 11) is 0. The van der Waals surface area contributed by atoms with Crippen LogP contribution in [0.3, 0.4) is 0 Å². The molecule has 22 heavy (non-hydrogen) atoms. The van der Waals surface area contributed by atoms with Gasteiger partial charge in [0.2, 0.25) is 5.91 Å². The van der Waals surface area contributed by atoms with E-state index in [1.807, 2.05) is 31.2 Å². The molecule has 5 heteroatoms. The summed E-state index contributed by atoms with van der Waals surface area (Å²) >= 11 is 0. The van der Waals surface area contributed by atoms with Crippen molar-refractivity contribution >= 4 is 11.6 Å². The number of amides is 1. The molecule has 1 aromatic rings. The van der Waals surface area contributed by atoms with E-state index in [9.17, 15) is 4.79 Å². The minimum absolute atomic E-state index is 0.0242. The maximum atomic E-state index is 12.2. The fourth-order valence-corrected chi connectivity index (χ4v) is 2.73. The molecule has 0 spiro atoms. The standard InChI is InChI=1S/C17H27N3O2/c1-3-9-19-10-12-20(13-11-19)14-17(21)18-15-7-5-6-8-16(15)22-4-2/h5-8H,3-4,9-14H2,1-2H3,(H,18,21). The highest BCUT2D eigenvalue weighted by atomic mass is 16.5. The van der Waals surface area contributed by atoms with E-state index in [1.54, 1.807) is 0 Å². The summed E-state index contributed by atoms with van der Waals surface area (Å²) in [6.07, 6.45) is 1.19. The minimum atomic E-state index is 0.0242. The van der Waals surface area contributed by atoms with Crippen LogP contribution >= 0.6 is 0 Å². The number of anilines is 1. The molecule has 2 rings (SSSR count). The fourth-order valence-electron chi connectivity index (χ4n) is 2.73. The quantitative estimate of drug-likeness (QED) is 0.837. The van der Waals surface area contributed by atoms with Gasteiger partial charge in [0.25, 0.3) is 0 Å². The van der Waals surface area contributed by atoms with E-state index in [2.05, 4.69) is 22.0 Å². The summed E-state index contributed by atoms with van der Waals surface area (Å²) in [5, 5.41) is 2.96. The largest absolute Gasteiger partial charge is 0.492 e. The number of para-hydroxylation sites is 2. The van der Waals surface area contributed by atoms with Crippen LogP contribution in [0.2, 0.25) is 0 Å². The van der Waals surface area contributed by atoms with Crippen molar-refractivity contribution in [1.29, 1.82) is 0 Å². The van der Waals surface area contributed by atoms with Crippen LogP contribution in [-0.4, -0.2) is 61.6 Å². The summed E-state index contributed by atoms with van der Waals surface area (Å²) < 4.78 is 5.53. The first-order valence-electron chi connectivity index (χ1n) is 8.19. The Morgan fingerprint density at radius 2 is 1.82 bits per heavy atom. The molecule has 1 fully saturated rings. The Labute approximate surface area is 133 Å². The minimum Gasteiger partial charge on any atom is -0.492 e. The molecule has 1 aliphatic rings. The number of nitrogens with one attached hydrogen (secondary N) is 1. The number of carbonyl (C=O) groups excluding carboxylic acids is 1. The SMILES string of the molecule is CCCN1CCN(CC(=O)Nc2ccccc2OCC)CC1. The molecule has 0 unspecified atom stereocenters. The summed E-state index contributed by atoms with van der Waals surface area (Å²) in [4.78, 5) is 16.9. The molecular formula is C17H27N3O2. The summed E-state index contributed by atoms with van der Waals surface area (Å²) in [6, 6.07) is 7.57. The highest BCUT2D eigenvalue weighted by Gasteiger charge is 2.18. The van der Waals surface area contributed by atoms with Crippen molar-refractivity contribution in [1.82, 2.24) is 9.80 Å². The number of ether oxygens (including phenoxy) is 1. The zero-order valence-corrected chi connectivity index (χ0v) is 13.7. The third-order valence-electron chi connectivity index (χ3n) is 3.83. The van der Waals surface area contributed by atoms with Crippen molar-refractivity contribution in [2.75, 3.05) is 51.2 Å². The van der Waals surface area contributed by atoms with Gasteiger partial charge in [0.05, 0.1) is 18.8 Å². The van der Waals surface area contributed by atoms with Crippen molar-refractivity contribution in [2.24, 2.45) is 0 Å².